The van der Waals surface area contributed by atoms with E-state index >= 15 is 0 Å². The van der Waals surface area contributed by atoms with Crippen LogP contribution in [0.5, 0.6) is 0 Å². The van der Waals surface area contributed by atoms with Gasteiger partial charge < -0.3 is 19.4 Å². The molecule has 1 atom stereocenters. The molecule has 1 aromatic carbocycles. The van der Waals surface area contributed by atoms with Crippen molar-refractivity contribution in [2.45, 2.75) is 39.2 Å². The number of nitro groups is 1. The number of carbonyl (C=O) groups excluding carboxylic acids is 1. The molecule has 1 saturated heterocycles. The van der Waals surface area contributed by atoms with Crippen LogP contribution in [0.4, 0.5) is 16.5 Å². The van der Waals surface area contributed by atoms with Gasteiger partial charge in [0.1, 0.15) is 11.1 Å². The number of amides is 1. The van der Waals surface area contributed by atoms with E-state index in [1.54, 1.807) is 4.90 Å². The van der Waals surface area contributed by atoms with E-state index < -0.39 is 10.5 Å². The Labute approximate surface area is 156 Å². The minimum Gasteiger partial charge on any atom is -0.444 e. The van der Waals surface area contributed by atoms with Crippen molar-refractivity contribution in [3.8, 4) is 0 Å². The average molecular weight is 376 g/mol. The lowest BCUT2D eigenvalue weighted by molar-refractivity contribution is -0.384. The Morgan fingerprint density at radius 1 is 1.48 bits per heavy atom. The van der Waals surface area contributed by atoms with E-state index in [0.717, 1.165) is 12.8 Å². The second-order valence-electron chi connectivity index (χ2n) is 7.74. The number of carbonyl (C=O) groups is 1. The standard InChI is InChI=1S/C18H24N4O5/c1-18(2,3)27-17(23)21-8-4-5-12(11-21)10-19-16-20-14-9-13(22(24)25)6-7-15(14)26-16/h6-7,9,12H,4-5,8,10-11H2,1-3H3,(H,19,20)/t12-/m0/s1. The summed E-state index contributed by atoms with van der Waals surface area (Å²) in [5.74, 6) is 0.246. The Balaban J connectivity index is 1.58. The second-order valence-corrected chi connectivity index (χ2v) is 7.74. The summed E-state index contributed by atoms with van der Waals surface area (Å²) in [4.78, 5) is 28.6. The highest BCUT2D eigenvalue weighted by Crippen LogP contribution is 2.25. The van der Waals surface area contributed by atoms with E-state index in [1.807, 2.05) is 20.8 Å². The van der Waals surface area contributed by atoms with Gasteiger partial charge in [0.05, 0.1) is 4.92 Å². The largest absolute Gasteiger partial charge is 0.444 e. The van der Waals surface area contributed by atoms with Gasteiger partial charge in [0, 0.05) is 31.8 Å². The quantitative estimate of drug-likeness (QED) is 0.638. The van der Waals surface area contributed by atoms with Gasteiger partial charge in [-0.25, -0.2) is 4.79 Å². The Kier molecular flexibility index (Phi) is 5.20. The van der Waals surface area contributed by atoms with Crippen LogP contribution < -0.4 is 5.32 Å². The molecule has 1 aliphatic heterocycles. The van der Waals surface area contributed by atoms with Gasteiger partial charge >= 0.3 is 6.09 Å². The normalized spacial score (nSPS) is 17.7. The lowest BCUT2D eigenvalue weighted by Gasteiger charge is -2.34. The lowest BCUT2D eigenvalue weighted by Crippen LogP contribution is -2.44. The number of anilines is 1. The predicted molar refractivity (Wildman–Crippen MR) is 99.7 cm³/mol. The van der Waals surface area contributed by atoms with Crippen molar-refractivity contribution in [3.63, 3.8) is 0 Å². The molecule has 0 bridgehead atoms. The van der Waals surface area contributed by atoms with Crippen LogP contribution >= 0.6 is 0 Å². The van der Waals surface area contributed by atoms with E-state index in [0.29, 0.717) is 36.7 Å². The van der Waals surface area contributed by atoms with Crippen molar-refractivity contribution < 1.29 is 18.9 Å². The molecule has 0 aliphatic carbocycles. The molecule has 2 heterocycles. The topological polar surface area (TPSA) is 111 Å². The zero-order valence-electron chi connectivity index (χ0n) is 15.7. The molecule has 0 saturated carbocycles. The van der Waals surface area contributed by atoms with Crippen LogP contribution in [0.15, 0.2) is 22.6 Å². The van der Waals surface area contributed by atoms with E-state index in [9.17, 15) is 14.9 Å². The van der Waals surface area contributed by atoms with Gasteiger partial charge in [-0.2, -0.15) is 4.98 Å². The van der Waals surface area contributed by atoms with Crippen molar-refractivity contribution in [2.24, 2.45) is 5.92 Å². The fraction of sp³-hybridized carbons (Fsp3) is 0.556. The first-order chi connectivity index (χ1) is 12.7. The minimum atomic E-state index is -0.511. The summed E-state index contributed by atoms with van der Waals surface area (Å²) in [6, 6.07) is 4.63. The highest BCUT2D eigenvalue weighted by atomic mass is 16.6. The van der Waals surface area contributed by atoms with E-state index in [1.165, 1.54) is 18.2 Å². The molecule has 0 unspecified atom stereocenters. The summed E-state index contributed by atoms with van der Waals surface area (Å²) in [6.07, 6.45) is 1.60. The van der Waals surface area contributed by atoms with Crippen LogP contribution in [0.2, 0.25) is 0 Å². The molecule has 1 amide bonds. The number of nitrogens with one attached hydrogen (secondary N) is 1. The molecule has 27 heavy (non-hydrogen) atoms. The molecule has 146 valence electrons. The maximum atomic E-state index is 12.2. The number of rotatable bonds is 4. The summed E-state index contributed by atoms with van der Waals surface area (Å²) in [7, 11) is 0. The summed E-state index contributed by atoms with van der Waals surface area (Å²) in [6.45, 7) is 7.45. The first kappa shape index (κ1) is 18.9. The molecule has 9 heteroatoms. The minimum absolute atomic E-state index is 0.0253. The first-order valence-electron chi connectivity index (χ1n) is 8.98. The third-order valence-corrected chi connectivity index (χ3v) is 4.29. The SMILES string of the molecule is CC(C)(C)OC(=O)N1CCC[C@@H](CNc2nc3cc([N+](=O)[O-])ccc3o2)C1. The third kappa shape index (κ3) is 4.87. The van der Waals surface area contributed by atoms with Crippen LogP contribution in [-0.2, 0) is 4.74 Å². The van der Waals surface area contributed by atoms with Gasteiger partial charge in [-0.1, -0.05) is 0 Å². The molecule has 1 fully saturated rings. The molecule has 0 spiro atoms. The Bertz CT molecular complexity index is 842. The molecule has 3 rings (SSSR count). The zero-order valence-corrected chi connectivity index (χ0v) is 15.7. The maximum Gasteiger partial charge on any atom is 0.410 e. The number of likely N-dealkylation sites (tertiary alicyclic amines) is 1. The van der Waals surface area contributed by atoms with Gasteiger partial charge in [-0.3, -0.25) is 10.1 Å². The molecular weight excluding hydrogens is 352 g/mol. The molecule has 1 aromatic heterocycles. The summed E-state index contributed by atoms with van der Waals surface area (Å²) in [5.41, 5.74) is 0.388. The number of benzene rings is 1. The number of ether oxygens (including phenoxy) is 1. The van der Waals surface area contributed by atoms with Crippen LogP contribution in [0, 0.1) is 16.0 Å². The highest BCUT2D eigenvalue weighted by molar-refractivity contribution is 5.77. The second kappa shape index (κ2) is 7.42. The van der Waals surface area contributed by atoms with Crippen LogP contribution in [0.3, 0.4) is 0 Å². The fourth-order valence-electron chi connectivity index (χ4n) is 3.06. The molecule has 9 nitrogen and oxygen atoms in total. The summed E-state index contributed by atoms with van der Waals surface area (Å²) >= 11 is 0. The predicted octanol–water partition coefficient (Wildman–Crippen LogP) is 3.80. The number of nitro benzene ring substituents is 1. The molecule has 0 radical (unpaired) electrons. The average Bonchev–Trinajstić information content (AvgIpc) is 3.00. The van der Waals surface area contributed by atoms with Crippen LogP contribution in [0.25, 0.3) is 11.1 Å². The van der Waals surface area contributed by atoms with E-state index in [-0.39, 0.29) is 17.7 Å². The van der Waals surface area contributed by atoms with Gasteiger partial charge in [0.15, 0.2) is 5.58 Å². The molecule has 2 aromatic rings. The summed E-state index contributed by atoms with van der Waals surface area (Å²) < 4.78 is 11.0. The summed E-state index contributed by atoms with van der Waals surface area (Å²) in [5, 5.41) is 14.0. The van der Waals surface area contributed by atoms with Crippen LogP contribution in [-0.4, -0.2) is 46.1 Å². The maximum absolute atomic E-state index is 12.2. The van der Waals surface area contributed by atoms with Gasteiger partial charge in [-0.15, -0.1) is 0 Å². The van der Waals surface area contributed by atoms with Gasteiger partial charge in [0.25, 0.3) is 11.7 Å². The number of nitrogens with zero attached hydrogens (tertiary/aromatic N) is 3. The molecule has 1 aliphatic rings. The fourth-order valence-corrected chi connectivity index (χ4v) is 3.06. The Morgan fingerprint density at radius 3 is 2.96 bits per heavy atom. The zero-order chi connectivity index (χ0) is 19.6. The lowest BCUT2D eigenvalue weighted by atomic mass is 9.98. The van der Waals surface area contributed by atoms with E-state index in [2.05, 4.69) is 10.3 Å². The van der Waals surface area contributed by atoms with Crippen molar-refractivity contribution in [2.75, 3.05) is 25.0 Å². The molecular formula is C18H24N4O5. The number of hydrogen-bond acceptors (Lipinski definition) is 7. The number of aromatic nitrogens is 1. The van der Waals surface area contributed by atoms with Gasteiger partial charge in [-0.05, 0) is 45.6 Å². The number of oxazole rings is 1. The Morgan fingerprint density at radius 2 is 2.26 bits per heavy atom. The number of non-ortho nitro benzene ring substituents is 1. The van der Waals surface area contributed by atoms with Crippen LogP contribution in [0.1, 0.15) is 33.6 Å². The smallest absolute Gasteiger partial charge is 0.410 e. The van der Waals surface area contributed by atoms with E-state index in [4.69, 9.17) is 9.15 Å². The number of piperidine rings is 1. The number of fused-ring (bicyclic) bond motifs is 1. The van der Waals surface area contributed by atoms with Crippen molar-refractivity contribution in [1.82, 2.24) is 9.88 Å². The molecule has 1 N–H and O–H groups in total. The van der Waals surface area contributed by atoms with Crippen molar-refractivity contribution >= 4 is 28.9 Å². The highest BCUT2D eigenvalue weighted by Gasteiger charge is 2.27. The van der Waals surface area contributed by atoms with Crippen molar-refractivity contribution in [1.29, 1.82) is 0 Å². The monoisotopic (exact) mass is 376 g/mol. The third-order valence-electron chi connectivity index (χ3n) is 4.29. The van der Waals surface area contributed by atoms with Gasteiger partial charge in [0.2, 0.25) is 0 Å². The number of hydrogen-bond donors (Lipinski definition) is 1. The Hall–Kier alpha value is -2.84. The van der Waals surface area contributed by atoms with Crippen molar-refractivity contribution in [3.05, 3.63) is 28.3 Å². The first-order valence-corrected chi connectivity index (χ1v) is 8.98.